The third kappa shape index (κ3) is 3.03. The van der Waals surface area contributed by atoms with Crippen LogP contribution < -0.4 is 5.32 Å². The Hall–Kier alpha value is -0.190. The Kier molecular flexibility index (Phi) is 4.29. The molecule has 2 heterocycles. The van der Waals surface area contributed by atoms with Crippen molar-refractivity contribution in [2.45, 2.75) is 57.9 Å². The molecule has 106 valence electrons. The van der Waals surface area contributed by atoms with E-state index in [4.69, 9.17) is 0 Å². The van der Waals surface area contributed by atoms with E-state index in [1.807, 2.05) is 0 Å². The van der Waals surface area contributed by atoms with Crippen molar-refractivity contribution in [1.82, 2.24) is 15.1 Å². The average molecular weight is 257 g/mol. The summed E-state index contributed by atoms with van der Waals surface area (Å²) in [4.78, 5) is 4.80. The molecule has 0 radical (unpaired) electrons. The lowest BCUT2D eigenvalue weighted by Gasteiger charge is -2.42. The molecule has 0 aliphatic carbocycles. The molecule has 18 heavy (non-hydrogen) atoms. The maximum absolute atomic E-state index is 14.3. The van der Waals surface area contributed by atoms with E-state index in [2.05, 4.69) is 42.8 Å². The van der Waals surface area contributed by atoms with Crippen LogP contribution in [0.25, 0.3) is 0 Å². The summed E-state index contributed by atoms with van der Waals surface area (Å²) in [5, 5.41) is 3.35. The van der Waals surface area contributed by atoms with E-state index in [9.17, 15) is 4.39 Å². The van der Waals surface area contributed by atoms with Crippen molar-refractivity contribution >= 4 is 0 Å². The van der Waals surface area contributed by atoms with E-state index in [0.717, 1.165) is 32.7 Å². The largest absolute Gasteiger partial charge is 0.314 e. The minimum absolute atomic E-state index is 0.0545. The van der Waals surface area contributed by atoms with Crippen LogP contribution in [0.5, 0.6) is 0 Å². The molecule has 0 bridgehead atoms. The number of halogens is 1. The molecule has 0 aromatic heterocycles. The second kappa shape index (κ2) is 5.43. The van der Waals surface area contributed by atoms with Gasteiger partial charge in [-0.1, -0.05) is 0 Å². The van der Waals surface area contributed by atoms with Crippen molar-refractivity contribution in [3.63, 3.8) is 0 Å². The van der Waals surface area contributed by atoms with Crippen LogP contribution in [0, 0.1) is 0 Å². The highest BCUT2D eigenvalue weighted by Crippen LogP contribution is 2.34. The number of likely N-dealkylation sites (tertiary alicyclic amines) is 1. The third-order valence-electron chi connectivity index (χ3n) is 4.25. The molecule has 0 aromatic carbocycles. The monoisotopic (exact) mass is 257 g/mol. The SMILES string of the molecule is C[C@@H]1C[C@@H](F)[C@@H](CN2CCNCC2)N1C(C)(C)C. The van der Waals surface area contributed by atoms with Crippen LogP contribution >= 0.6 is 0 Å². The number of nitrogens with zero attached hydrogens (tertiary/aromatic N) is 2. The van der Waals surface area contributed by atoms with Crippen molar-refractivity contribution in [2.24, 2.45) is 0 Å². The zero-order chi connectivity index (χ0) is 13.3. The smallest absolute Gasteiger partial charge is 0.118 e. The number of rotatable bonds is 2. The Balaban J connectivity index is 2.03. The molecule has 3 nitrogen and oxygen atoms in total. The second-order valence-electron chi connectivity index (χ2n) is 6.80. The maximum Gasteiger partial charge on any atom is 0.118 e. The minimum Gasteiger partial charge on any atom is -0.314 e. The van der Waals surface area contributed by atoms with E-state index >= 15 is 0 Å². The highest BCUT2D eigenvalue weighted by atomic mass is 19.1. The van der Waals surface area contributed by atoms with E-state index < -0.39 is 6.17 Å². The summed E-state index contributed by atoms with van der Waals surface area (Å²) in [6.45, 7) is 13.8. The predicted octanol–water partition coefficient (Wildman–Crippen LogP) is 1.49. The van der Waals surface area contributed by atoms with E-state index in [-0.39, 0.29) is 11.6 Å². The fourth-order valence-corrected chi connectivity index (χ4v) is 3.62. The second-order valence-corrected chi connectivity index (χ2v) is 6.80. The fraction of sp³-hybridized carbons (Fsp3) is 1.00. The van der Waals surface area contributed by atoms with Gasteiger partial charge in [0, 0.05) is 44.3 Å². The first kappa shape index (κ1) is 14.2. The normalized spacial score (nSPS) is 36.2. The first-order valence-electron chi connectivity index (χ1n) is 7.25. The number of hydrogen-bond donors (Lipinski definition) is 1. The van der Waals surface area contributed by atoms with Gasteiger partial charge in [0.1, 0.15) is 6.17 Å². The number of piperazine rings is 1. The van der Waals surface area contributed by atoms with Gasteiger partial charge in [-0.15, -0.1) is 0 Å². The van der Waals surface area contributed by atoms with Crippen LogP contribution in [0.4, 0.5) is 4.39 Å². The molecule has 4 heteroatoms. The average Bonchev–Trinajstić information content (AvgIpc) is 2.54. The molecule has 0 spiro atoms. The van der Waals surface area contributed by atoms with Gasteiger partial charge >= 0.3 is 0 Å². The van der Waals surface area contributed by atoms with Crippen molar-refractivity contribution in [3.8, 4) is 0 Å². The molecule has 0 saturated carbocycles. The van der Waals surface area contributed by atoms with Crippen molar-refractivity contribution in [3.05, 3.63) is 0 Å². The molecule has 0 unspecified atom stereocenters. The van der Waals surface area contributed by atoms with Crippen molar-refractivity contribution < 1.29 is 4.39 Å². The Morgan fingerprint density at radius 2 is 1.83 bits per heavy atom. The molecule has 3 atom stereocenters. The van der Waals surface area contributed by atoms with Gasteiger partial charge in [0.05, 0.1) is 6.04 Å². The van der Waals surface area contributed by atoms with Crippen LogP contribution in [-0.4, -0.2) is 66.3 Å². The summed E-state index contributed by atoms with van der Waals surface area (Å²) in [5.74, 6) is 0. The van der Waals surface area contributed by atoms with Crippen molar-refractivity contribution in [1.29, 1.82) is 0 Å². The molecule has 2 aliphatic heterocycles. The molecule has 1 N–H and O–H groups in total. The summed E-state index contributed by atoms with van der Waals surface area (Å²) in [6, 6.07) is 0.422. The Morgan fingerprint density at radius 1 is 1.22 bits per heavy atom. The van der Waals surface area contributed by atoms with Crippen LogP contribution in [0.2, 0.25) is 0 Å². The number of alkyl halides is 1. The first-order valence-corrected chi connectivity index (χ1v) is 7.25. The van der Waals surface area contributed by atoms with Gasteiger partial charge in [0.25, 0.3) is 0 Å². The van der Waals surface area contributed by atoms with Crippen LogP contribution in [-0.2, 0) is 0 Å². The predicted molar refractivity (Wildman–Crippen MR) is 73.7 cm³/mol. The molecule has 0 aromatic rings. The lowest BCUT2D eigenvalue weighted by atomic mass is 10.0. The molecule has 2 saturated heterocycles. The quantitative estimate of drug-likeness (QED) is 0.808. The first-order chi connectivity index (χ1) is 8.39. The highest BCUT2D eigenvalue weighted by Gasteiger charge is 2.44. The van der Waals surface area contributed by atoms with Gasteiger partial charge in [-0.2, -0.15) is 0 Å². The zero-order valence-electron chi connectivity index (χ0n) is 12.2. The fourth-order valence-electron chi connectivity index (χ4n) is 3.62. The van der Waals surface area contributed by atoms with Gasteiger partial charge < -0.3 is 5.32 Å². The molecule has 0 amide bonds. The lowest BCUT2D eigenvalue weighted by Crippen LogP contribution is -2.55. The molecular formula is C14H28FN3. The van der Waals surface area contributed by atoms with E-state index in [1.165, 1.54) is 0 Å². The molecule has 2 rings (SSSR count). The molecule has 2 aliphatic rings. The van der Waals surface area contributed by atoms with Gasteiger partial charge in [-0.05, 0) is 34.1 Å². The lowest BCUT2D eigenvalue weighted by molar-refractivity contribution is 0.0429. The van der Waals surface area contributed by atoms with Gasteiger partial charge in [-0.3, -0.25) is 9.80 Å². The summed E-state index contributed by atoms with van der Waals surface area (Å²) in [7, 11) is 0. The standard InChI is InChI=1S/C14H28FN3/c1-11-9-12(15)13(18(11)14(2,3)4)10-17-7-5-16-6-8-17/h11-13,16H,5-10H2,1-4H3/t11-,12-,13-/m1/s1. The Labute approximate surface area is 111 Å². The van der Waals surface area contributed by atoms with Crippen LogP contribution in [0.3, 0.4) is 0 Å². The Morgan fingerprint density at radius 3 is 2.39 bits per heavy atom. The van der Waals surface area contributed by atoms with E-state index in [1.54, 1.807) is 0 Å². The highest BCUT2D eigenvalue weighted by molar-refractivity contribution is 4.99. The summed E-state index contributed by atoms with van der Waals surface area (Å²) >= 11 is 0. The third-order valence-corrected chi connectivity index (χ3v) is 4.25. The number of nitrogens with one attached hydrogen (secondary N) is 1. The number of hydrogen-bond acceptors (Lipinski definition) is 3. The van der Waals surface area contributed by atoms with Crippen LogP contribution in [0.15, 0.2) is 0 Å². The van der Waals surface area contributed by atoms with Gasteiger partial charge in [-0.25, -0.2) is 4.39 Å². The van der Waals surface area contributed by atoms with Gasteiger partial charge in [0.2, 0.25) is 0 Å². The summed E-state index contributed by atoms with van der Waals surface area (Å²) in [5.41, 5.74) is 0.0545. The van der Waals surface area contributed by atoms with E-state index in [0.29, 0.717) is 12.5 Å². The van der Waals surface area contributed by atoms with Crippen LogP contribution in [0.1, 0.15) is 34.1 Å². The molecule has 2 fully saturated rings. The van der Waals surface area contributed by atoms with Gasteiger partial charge in [0.15, 0.2) is 0 Å². The summed E-state index contributed by atoms with van der Waals surface area (Å²) in [6.07, 6.45) is 0.0164. The minimum atomic E-state index is -0.672. The maximum atomic E-state index is 14.3. The molecular weight excluding hydrogens is 229 g/mol. The summed E-state index contributed by atoms with van der Waals surface area (Å²) < 4.78 is 14.3. The zero-order valence-corrected chi connectivity index (χ0v) is 12.2. The topological polar surface area (TPSA) is 18.5 Å². The van der Waals surface area contributed by atoms with Crippen molar-refractivity contribution in [2.75, 3.05) is 32.7 Å². The Bertz CT molecular complexity index is 271.